The summed E-state index contributed by atoms with van der Waals surface area (Å²) in [6.07, 6.45) is 2.63. The molecule has 1 aromatic rings. The van der Waals surface area contributed by atoms with Crippen molar-refractivity contribution in [2.75, 3.05) is 45.2 Å². The molecule has 0 aromatic heterocycles. The van der Waals surface area contributed by atoms with Gasteiger partial charge in [0.1, 0.15) is 0 Å². The number of anilines is 1. The lowest BCUT2D eigenvalue weighted by Crippen LogP contribution is -2.37. The molecule has 0 atom stereocenters. The highest BCUT2D eigenvalue weighted by Crippen LogP contribution is 2.26. The van der Waals surface area contributed by atoms with Gasteiger partial charge in [-0.1, -0.05) is 25.1 Å². The highest BCUT2D eigenvalue weighted by Gasteiger charge is 2.21. The van der Waals surface area contributed by atoms with Crippen molar-refractivity contribution in [3.05, 3.63) is 29.8 Å². The first-order valence-corrected chi connectivity index (χ1v) is 7.89. The average Bonchev–Trinajstić information content (AvgIpc) is 2.46. The molecule has 0 spiro atoms. The number of nitrogens with zero attached hydrogens (tertiary/aromatic N) is 2. The van der Waals surface area contributed by atoms with Crippen LogP contribution in [0.2, 0.25) is 0 Å². The third-order valence-electron chi connectivity index (χ3n) is 4.14. The highest BCUT2D eigenvalue weighted by molar-refractivity contribution is 5.53. The van der Waals surface area contributed by atoms with E-state index in [0.717, 1.165) is 19.0 Å². The van der Waals surface area contributed by atoms with E-state index in [9.17, 15) is 0 Å². The Bertz CT molecular complexity index is 395. The van der Waals surface area contributed by atoms with Gasteiger partial charge in [-0.3, -0.25) is 0 Å². The number of nitrogens with one attached hydrogen (secondary N) is 1. The van der Waals surface area contributed by atoms with Crippen molar-refractivity contribution in [2.45, 2.75) is 26.3 Å². The molecule has 3 nitrogen and oxygen atoms in total. The van der Waals surface area contributed by atoms with Crippen LogP contribution in [0.3, 0.4) is 0 Å². The third kappa shape index (κ3) is 4.22. The summed E-state index contributed by atoms with van der Waals surface area (Å²) in [7, 11) is 4.36. The molecule has 1 heterocycles. The molecule has 0 radical (unpaired) electrons. The predicted octanol–water partition coefficient (Wildman–Crippen LogP) is 2.57. The van der Waals surface area contributed by atoms with Gasteiger partial charge in [0.05, 0.1) is 0 Å². The topological polar surface area (TPSA) is 18.5 Å². The number of hydrogen-bond donors (Lipinski definition) is 1. The van der Waals surface area contributed by atoms with Crippen molar-refractivity contribution < 1.29 is 0 Å². The fourth-order valence-corrected chi connectivity index (χ4v) is 3.10. The molecule has 2 rings (SSSR count). The fourth-order valence-electron chi connectivity index (χ4n) is 3.10. The van der Waals surface area contributed by atoms with Crippen LogP contribution in [-0.4, -0.2) is 45.2 Å². The molecular weight excluding hydrogens is 246 g/mol. The Morgan fingerprint density at radius 3 is 2.55 bits per heavy atom. The summed E-state index contributed by atoms with van der Waals surface area (Å²) < 4.78 is 0. The molecule has 0 aliphatic carbocycles. The van der Waals surface area contributed by atoms with Gasteiger partial charge in [0, 0.05) is 31.9 Å². The predicted molar refractivity (Wildman–Crippen MR) is 87.3 cm³/mol. The highest BCUT2D eigenvalue weighted by atomic mass is 15.1. The second kappa shape index (κ2) is 7.65. The van der Waals surface area contributed by atoms with Gasteiger partial charge >= 0.3 is 0 Å². The van der Waals surface area contributed by atoms with Crippen LogP contribution in [0.4, 0.5) is 5.69 Å². The van der Waals surface area contributed by atoms with Gasteiger partial charge in [-0.2, -0.15) is 0 Å². The zero-order valence-electron chi connectivity index (χ0n) is 13.2. The van der Waals surface area contributed by atoms with Crippen LogP contribution in [0.15, 0.2) is 24.3 Å². The molecule has 1 saturated heterocycles. The summed E-state index contributed by atoms with van der Waals surface area (Å²) in [4.78, 5) is 4.89. The zero-order valence-corrected chi connectivity index (χ0v) is 13.2. The van der Waals surface area contributed by atoms with Crippen LogP contribution in [-0.2, 0) is 6.54 Å². The Balaban J connectivity index is 1.96. The molecule has 1 aliphatic heterocycles. The molecule has 1 aromatic carbocycles. The molecule has 1 aliphatic rings. The molecule has 0 bridgehead atoms. The minimum absolute atomic E-state index is 0.863. The first-order valence-electron chi connectivity index (χ1n) is 7.89. The van der Waals surface area contributed by atoms with Crippen LogP contribution >= 0.6 is 0 Å². The fraction of sp³-hybridized carbons (Fsp3) is 0.647. The molecule has 0 saturated carbocycles. The largest absolute Gasteiger partial charge is 0.371 e. The van der Waals surface area contributed by atoms with E-state index < -0.39 is 0 Å². The molecule has 3 heteroatoms. The van der Waals surface area contributed by atoms with Crippen molar-refractivity contribution in [1.82, 2.24) is 10.2 Å². The number of piperidine rings is 1. The van der Waals surface area contributed by atoms with Gasteiger partial charge in [0.25, 0.3) is 0 Å². The van der Waals surface area contributed by atoms with Crippen molar-refractivity contribution >= 4 is 5.69 Å². The van der Waals surface area contributed by atoms with Gasteiger partial charge in [-0.25, -0.2) is 0 Å². The molecule has 20 heavy (non-hydrogen) atoms. The Kier molecular flexibility index (Phi) is 5.86. The first-order chi connectivity index (χ1) is 9.70. The molecular formula is C17H29N3. The quantitative estimate of drug-likeness (QED) is 0.861. The second-order valence-corrected chi connectivity index (χ2v) is 6.10. The lowest BCUT2D eigenvalue weighted by Gasteiger charge is -2.35. The molecule has 112 valence electrons. The van der Waals surface area contributed by atoms with Gasteiger partial charge in [0.15, 0.2) is 0 Å². The van der Waals surface area contributed by atoms with E-state index >= 15 is 0 Å². The monoisotopic (exact) mass is 275 g/mol. The normalized spacial score (nSPS) is 16.9. The van der Waals surface area contributed by atoms with E-state index in [1.807, 2.05) is 0 Å². The van der Waals surface area contributed by atoms with Gasteiger partial charge in [-0.15, -0.1) is 0 Å². The summed E-state index contributed by atoms with van der Waals surface area (Å²) in [6, 6.07) is 8.84. The van der Waals surface area contributed by atoms with Gasteiger partial charge < -0.3 is 15.1 Å². The van der Waals surface area contributed by atoms with Crippen molar-refractivity contribution in [3.8, 4) is 0 Å². The smallest absolute Gasteiger partial charge is 0.0411 e. The van der Waals surface area contributed by atoms with E-state index in [1.165, 1.54) is 43.7 Å². The first kappa shape index (κ1) is 15.3. The minimum atomic E-state index is 0.863. The maximum Gasteiger partial charge on any atom is 0.0411 e. The maximum absolute atomic E-state index is 3.45. The lowest BCUT2D eigenvalue weighted by atomic mass is 9.95. The summed E-state index contributed by atoms with van der Waals surface area (Å²) in [5.74, 6) is 0.863. The minimum Gasteiger partial charge on any atom is -0.371 e. The lowest BCUT2D eigenvalue weighted by molar-refractivity contribution is 0.285. The Morgan fingerprint density at radius 2 is 1.90 bits per heavy atom. The van der Waals surface area contributed by atoms with Gasteiger partial charge in [0.2, 0.25) is 0 Å². The van der Waals surface area contributed by atoms with E-state index in [1.54, 1.807) is 0 Å². The average molecular weight is 275 g/mol. The van der Waals surface area contributed by atoms with Crippen molar-refractivity contribution in [2.24, 2.45) is 5.92 Å². The number of hydrogen-bond acceptors (Lipinski definition) is 3. The Hall–Kier alpha value is -1.06. The Morgan fingerprint density at radius 1 is 1.20 bits per heavy atom. The summed E-state index contributed by atoms with van der Waals surface area (Å²) in [5, 5.41) is 3.45. The SMILES string of the molecule is CCNCc1ccccc1N1CCC(CN(C)C)CC1. The molecule has 0 amide bonds. The van der Waals surface area contributed by atoms with E-state index in [2.05, 4.69) is 60.4 Å². The Labute approximate surface area is 124 Å². The molecule has 1 fully saturated rings. The van der Waals surface area contributed by atoms with Crippen molar-refractivity contribution in [3.63, 3.8) is 0 Å². The number of benzene rings is 1. The molecule has 1 N–H and O–H groups in total. The molecule has 0 unspecified atom stereocenters. The standard InChI is InChI=1S/C17H29N3/c1-4-18-13-16-7-5-6-8-17(16)20-11-9-15(10-12-20)14-19(2)3/h5-8,15,18H,4,9-14H2,1-3H3. The van der Waals surface area contributed by atoms with Crippen LogP contribution in [0.1, 0.15) is 25.3 Å². The summed E-state index contributed by atoms with van der Waals surface area (Å²) in [5.41, 5.74) is 2.86. The van der Waals surface area contributed by atoms with Gasteiger partial charge in [-0.05, 0) is 51.0 Å². The van der Waals surface area contributed by atoms with Crippen LogP contribution in [0, 0.1) is 5.92 Å². The summed E-state index contributed by atoms with van der Waals surface area (Å²) >= 11 is 0. The third-order valence-corrected chi connectivity index (χ3v) is 4.14. The zero-order chi connectivity index (χ0) is 14.4. The van der Waals surface area contributed by atoms with Crippen LogP contribution in [0.5, 0.6) is 0 Å². The van der Waals surface area contributed by atoms with E-state index in [-0.39, 0.29) is 0 Å². The number of rotatable bonds is 6. The summed E-state index contributed by atoms with van der Waals surface area (Å²) in [6.45, 7) is 7.79. The number of para-hydroxylation sites is 1. The van der Waals surface area contributed by atoms with Crippen LogP contribution < -0.4 is 10.2 Å². The second-order valence-electron chi connectivity index (χ2n) is 6.10. The van der Waals surface area contributed by atoms with E-state index in [4.69, 9.17) is 0 Å². The maximum atomic E-state index is 3.45. The van der Waals surface area contributed by atoms with Crippen LogP contribution in [0.25, 0.3) is 0 Å². The van der Waals surface area contributed by atoms with E-state index in [0.29, 0.717) is 0 Å². The van der Waals surface area contributed by atoms with Crippen molar-refractivity contribution in [1.29, 1.82) is 0 Å².